The number of rotatable bonds is 12. The number of likely N-dealkylation sites (tertiary alicyclic amines) is 1. The van der Waals surface area contributed by atoms with Crippen LogP contribution in [0.1, 0.15) is 26.7 Å². The van der Waals surface area contributed by atoms with Crippen LogP contribution < -0.4 is 9.80 Å². The van der Waals surface area contributed by atoms with Gasteiger partial charge in [-0.05, 0) is 55.2 Å². The maximum atomic E-state index is 14.8. The maximum Gasteiger partial charge on any atom is 0.253 e. The lowest BCUT2D eigenvalue weighted by atomic mass is 9.70. The summed E-state index contributed by atoms with van der Waals surface area (Å²) in [4.78, 5) is 48.4. The number of halogens is 2. The fourth-order valence-corrected chi connectivity index (χ4v) is 8.37. The normalized spacial score (nSPS) is 27.7. The van der Waals surface area contributed by atoms with Crippen molar-refractivity contribution in [3.63, 3.8) is 0 Å². The fraction of sp³-hybridized carbons (Fsp3) is 0.441. The van der Waals surface area contributed by atoms with Crippen LogP contribution in [0.25, 0.3) is 0 Å². The highest BCUT2D eigenvalue weighted by molar-refractivity contribution is 9.09. The molecule has 2 bridgehead atoms. The Morgan fingerprint density at radius 1 is 1.07 bits per heavy atom. The zero-order valence-corrected chi connectivity index (χ0v) is 27.4. The van der Waals surface area contributed by atoms with E-state index >= 15 is 0 Å². The summed E-state index contributed by atoms with van der Waals surface area (Å²) in [5, 5.41) is 11.1. The number of hydrogen-bond acceptors (Lipinski definition) is 5. The van der Waals surface area contributed by atoms with E-state index in [4.69, 9.17) is 16.3 Å². The third-order valence-corrected chi connectivity index (χ3v) is 10.1. The molecule has 2 aromatic carbocycles. The van der Waals surface area contributed by atoms with E-state index in [1.807, 2.05) is 44.2 Å². The van der Waals surface area contributed by atoms with E-state index in [1.54, 1.807) is 46.2 Å². The SMILES string of the molecule is C=CCN(C(=O)C1N([C@@H](CO)CC(C)C)C(=O)[C@@H]2[C@H](C(=O)N(CC=C)c3ccccc3)[C@H]3OC12CC3Br)c1ccc(Cl)cc1. The van der Waals surface area contributed by atoms with Crippen molar-refractivity contribution in [3.05, 3.63) is 84.9 Å². The summed E-state index contributed by atoms with van der Waals surface area (Å²) in [5.41, 5.74) is -0.00363. The number of carbonyl (C=O) groups excluding carboxylic acids is 3. The summed E-state index contributed by atoms with van der Waals surface area (Å²) in [6.45, 7) is 11.8. The van der Waals surface area contributed by atoms with Crippen molar-refractivity contribution in [1.82, 2.24) is 4.90 Å². The van der Waals surface area contributed by atoms with Crippen LogP contribution in [0.5, 0.6) is 0 Å². The first-order valence-corrected chi connectivity index (χ1v) is 16.3. The number of nitrogens with zero attached hydrogens (tertiary/aromatic N) is 3. The number of aliphatic hydroxyl groups excluding tert-OH is 1. The van der Waals surface area contributed by atoms with E-state index in [0.717, 1.165) is 0 Å². The molecule has 3 amide bonds. The minimum absolute atomic E-state index is 0.133. The highest BCUT2D eigenvalue weighted by Crippen LogP contribution is 2.61. The molecule has 3 saturated heterocycles. The Kier molecular flexibility index (Phi) is 9.70. The Morgan fingerprint density at radius 3 is 2.23 bits per heavy atom. The molecule has 0 aliphatic carbocycles. The van der Waals surface area contributed by atoms with Gasteiger partial charge in [-0.3, -0.25) is 14.4 Å². The average molecular weight is 685 g/mol. The average Bonchev–Trinajstić information content (AvgIpc) is 3.61. The molecule has 3 unspecified atom stereocenters. The van der Waals surface area contributed by atoms with Crippen molar-refractivity contribution in [2.75, 3.05) is 29.5 Å². The number of alkyl halides is 1. The first-order chi connectivity index (χ1) is 21.1. The molecule has 3 aliphatic heterocycles. The van der Waals surface area contributed by atoms with Crippen molar-refractivity contribution >= 4 is 56.6 Å². The van der Waals surface area contributed by atoms with Crippen molar-refractivity contribution in [1.29, 1.82) is 0 Å². The Morgan fingerprint density at radius 2 is 1.66 bits per heavy atom. The van der Waals surface area contributed by atoms with Crippen LogP contribution in [0.15, 0.2) is 79.9 Å². The number of ether oxygens (including phenoxy) is 1. The lowest BCUT2D eigenvalue weighted by Crippen LogP contribution is -2.59. The van der Waals surface area contributed by atoms with Crippen molar-refractivity contribution in [2.24, 2.45) is 17.8 Å². The molecule has 8 nitrogen and oxygen atoms in total. The quantitative estimate of drug-likeness (QED) is 0.244. The molecule has 2 aromatic rings. The van der Waals surface area contributed by atoms with E-state index < -0.39 is 35.6 Å². The topological polar surface area (TPSA) is 90.4 Å². The second-order valence-corrected chi connectivity index (χ2v) is 13.8. The van der Waals surface area contributed by atoms with Crippen LogP contribution in [0.2, 0.25) is 5.02 Å². The van der Waals surface area contributed by atoms with E-state index in [9.17, 15) is 19.5 Å². The van der Waals surface area contributed by atoms with Gasteiger partial charge in [0.25, 0.3) is 5.91 Å². The van der Waals surface area contributed by atoms with Crippen LogP contribution in [0, 0.1) is 17.8 Å². The highest BCUT2D eigenvalue weighted by Gasteiger charge is 2.77. The van der Waals surface area contributed by atoms with E-state index in [-0.39, 0.29) is 48.2 Å². The van der Waals surface area contributed by atoms with Crippen LogP contribution in [-0.2, 0) is 19.1 Å². The van der Waals surface area contributed by atoms with Gasteiger partial charge in [0.15, 0.2) is 0 Å². The summed E-state index contributed by atoms with van der Waals surface area (Å²) < 4.78 is 6.75. The molecule has 7 atom stereocenters. The number of amides is 3. The second kappa shape index (κ2) is 13.2. The molecule has 0 radical (unpaired) electrons. The van der Waals surface area contributed by atoms with Crippen molar-refractivity contribution < 1.29 is 24.2 Å². The zero-order valence-electron chi connectivity index (χ0n) is 25.0. The van der Waals surface area contributed by atoms with Gasteiger partial charge in [0.2, 0.25) is 11.8 Å². The van der Waals surface area contributed by atoms with Crippen LogP contribution in [-0.4, -0.2) is 76.0 Å². The molecule has 3 heterocycles. The molecule has 3 fully saturated rings. The Bertz CT molecular complexity index is 1410. The molecule has 5 rings (SSSR count). The minimum atomic E-state index is -1.28. The van der Waals surface area contributed by atoms with Gasteiger partial charge in [-0.1, -0.05) is 71.7 Å². The number of para-hydroxylation sites is 1. The van der Waals surface area contributed by atoms with Gasteiger partial charge in [0, 0.05) is 34.3 Å². The molecule has 0 saturated carbocycles. The first kappa shape index (κ1) is 32.4. The molecule has 1 spiro atoms. The highest BCUT2D eigenvalue weighted by atomic mass is 79.9. The summed E-state index contributed by atoms with van der Waals surface area (Å²) in [7, 11) is 0. The Labute approximate surface area is 272 Å². The smallest absolute Gasteiger partial charge is 0.253 e. The van der Waals surface area contributed by atoms with Gasteiger partial charge in [-0.25, -0.2) is 0 Å². The molecule has 44 heavy (non-hydrogen) atoms. The number of benzene rings is 2. The molecule has 0 aromatic heterocycles. The molecular weight excluding hydrogens is 646 g/mol. The summed E-state index contributed by atoms with van der Waals surface area (Å²) in [5.74, 6) is -2.58. The van der Waals surface area contributed by atoms with Gasteiger partial charge in [-0.15, -0.1) is 13.2 Å². The van der Waals surface area contributed by atoms with Gasteiger partial charge < -0.3 is 24.5 Å². The van der Waals surface area contributed by atoms with Gasteiger partial charge in [0.05, 0.1) is 30.6 Å². The third-order valence-electron chi connectivity index (χ3n) is 8.96. The Balaban J connectivity index is 1.63. The molecule has 234 valence electrons. The number of aliphatic hydroxyl groups is 1. The monoisotopic (exact) mass is 683 g/mol. The third kappa shape index (κ3) is 5.53. The molecule has 10 heteroatoms. The van der Waals surface area contributed by atoms with Crippen LogP contribution >= 0.6 is 27.5 Å². The van der Waals surface area contributed by atoms with E-state index in [0.29, 0.717) is 29.2 Å². The lowest BCUT2D eigenvalue weighted by Gasteiger charge is -2.39. The summed E-state index contributed by atoms with van der Waals surface area (Å²) in [6.07, 6.45) is 3.49. The lowest BCUT2D eigenvalue weighted by molar-refractivity contribution is -0.144. The second-order valence-electron chi connectivity index (χ2n) is 12.2. The molecule has 3 aliphatic rings. The zero-order chi connectivity index (χ0) is 31.8. The standard InChI is InChI=1S/C34H39BrClN3O5/c1-5-16-37(23-10-8-7-9-11-23)31(41)27-28-32(42)39(25(20-40)18-21(3)4)30(34(28)19-26(35)29(27)44-34)33(43)38(17-6-2)24-14-12-22(36)13-15-24/h5-15,21,25-30,40H,1-2,16-20H2,3-4H3/t25-,26?,27+,28+,29+,30?,34?/m1/s1. The number of hydrogen-bond donors (Lipinski definition) is 1. The first-order valence-electron chi connectivity index (χ1n) is 15.0. The van der Waals surface area contributed by atoms with Gasteiger partial charge in [-0.2, -0.15) is 0 Å². The number of anilines is 2. The predicted octanol–water partition coefficient (Wildman–Crippen LogP) is 5.23. The molecule has 1 N–H and O–H groups in total. The van der Waals surface area contributed by atoms with Crippen molar-refractivity contribution in [2.45, 2.75) is 55.3 Å². The summed E-state index contributed by atoms with van der Waals surface area (Å²) in [6, 6.07) is 14.4. The van der Waals surface area contributed by atoms with Crippen LogP contribution in [0.4, 0.5) is 11.4 Å². The van der Waals surface area contributed by atoms with Crippen molar-refractivity contribution in [3.8, 4) is 0 Å². The van der Waals surface area contributed by atoms with Gasteiger partial charge in [0.1, 0.15) is 11.6 Å². The maximum absolute atomic E-state index is 14.8. The van der Waals surface area contributed by atoms with E-state index in [1.165, 1.54) is 4.90 Å². The van der Waals surface area contributed by atoms with E-state index in [2.05, 4.69) is 29.1 Å². The predicted molar refractivity (Wildman–Crippen MR) is 176 cm³/mol. The number of fused-ring (bicyclic) bond motifs is 1. The minimum Gasteiger partial charge on any atom is -0.394 e. The number of carbonyl (C=O) groups is 3. The summed E-state index contributed by atoms with van der Waals surface area (Å²) >= 11 is 9.92. The van der Waals surface area contributed by atoms with Gasteiger partial charge >= 0.3 is 0 Å². The fourth-order valence-electron chi connectivity index (χ4n) is 7.30. The molecular formula is C34H39BrClN3O5. The Hall–Kier alpha value is -2.98. The largest absolute Gasteiger partial charge is 0.394 e. The van der Waals surface area contributed by atoms with Crippen LogP contribution in [0.3, 0.4) is 0 Å².